The van der Waals surface area contributed by atoms with Gasteiger partial charge in [0.15, 0.2) is 0 Å². The van der Waals surface area contributed by atoms with Gasteiger partial charge in [-0.1, -0.05) is 36.4 Å². The lowest BCUT2D eigenvalue weighted by Gasteiger charge is -2.08. The van der Waals surface area contributed by atoms with E-state index in [0.717, 1.165) is 27.9 Å². The van der Waals surface area contributed by atoms with E-state index in [-0.39, 0.29) is 0 Å². The Kier molecular flexibility index (Phi) is 3.18. The quantitative estimate of drug-likeness (QED) is 0.414. The number of rotatable bonds is 2. The first-order chi connectivity index (χ1) is 12.3. The van der Waals surface area contributed by atoms with Gasteiger partial charge in [-0.05, 0) is 18.2 Å². The highest BCUT2D eigenvalue weighted by molar-refractivity contribution is 7.26. The molecule has 5 rings (SSSR count). The lowest BCUT2D eigenvalue weighted by atomic mass is 10.0. The van der Waals surface area contributed by atoms with E-state index in [1.165, 1.54) is 20.2 Å². The zero-order valence-electron chi connectivity index (χ0n) is 13.6. The Balaban J connectivity index is 1.85. The lowest BCUT2D eigenvalue weighted by Crippen LogP contribution is -1.90. The molecule has 0 bridgehead atoms. The molecule has 0 aliphatic heterocycles. The fourth-order valence-electron chi connectivity index (χ4n) is 3.31. The first-order valence-electron chi connectivity index (χ1n) is 8.04. The summed E-state index contributed by atoms with van der Waals surface area (Å²) in [6.07, 6.45) is 1.63. The SMILES string of the molecule is COc1ccc2c(-c3cccc4c3sc3ccccc34)ncnc2c1. The van der Waals surface area contributed by atoms with Crippen molar-refractivity contribution in [3.05, 3.63) is 67.0 Å². The molecule has 0 amide bonds. The molecule has 3 nitrogen and oxygen atoms in total. The van der Waals surface area contributed by atoms with Gasteiger partial charge in [0.25, 0.3) is 0 Å². The smallest absolute Gasteiger partial charge is 0.121 e. The Hall–Kier alpha value is -2.98. The summed E-state index contributed by atoms with van der Waals surface area (Å²) in [4.78, 5) is 9.02. The topological polar surface area (TPSA) is 35.0 Å². The summed E-state index contributed by atoms with van der Waals surface area (Å²) in [5, 5.41) is 3.61. The Morgan fingerprint density at radius 3 is 2.64 bits per heavy atom. The monoisotopic (exact) mass is 342 g/mol. The number of thiophene rings is 1. The van der Waals surface area contributed by atoms with Gasteiger partial charge in [0.05, 0.1) is 18.3 Å². The number of methoxy groups -OCH3 is 1. The van der Waals surface area contributed by atoms with Crippen molar-refractivity contribution in [3.8, 4) is 17.0 Å². The van der Waals surface area contributed by atoms with Crippen LogP contribution in [0.5, 0.6) is 5.75 Å². The van der Waals surface area contributed by atoms with Crippen molar-refractivity contribution in [1.29, 1.82) is 0 Å². The Bertz CT molecular complexity index is 1240. The average molecular weight is 342 g/mol. The van der Waals surface area contributed by atoms with Crippen molar-refractivity contribution in [3.63, 3.8) is 0 Å². The minimum atomic E-state index is 0.803. The maximum atomic E-state index is 5.32. The number of aromatic nitrogens is 2. The van der Waals surface area contributed by atoms with Gasteiger partial charge in [0, 0.05) is 37.2 Å². The number of benzene rings is 3. The first-order valence-corrected chi connectivity index (χ1v) is 8.86. The van der Waals surface area contributed by atoms with E-state index in [4.69, 9.17) is 4.74 Å². The number of ether oxygens (including phenoxy) is 1. The molecule has 0 radical (unpaired) electrons. The predicted molar refractivity (Wildman–Crippen MR) is 104 cm³/mol. The van der Waals surface area contributed by atoms with Gasteiger partial charge in [-0.2, -0.15) is 0 Å². The summed E-state index contributed by atoms with van der Waals surface area (Å²) >= 11 is 1.81. The molecule has 0 unspecified atom stereocenters. The molecule has 2 aromatic heterocycles. The second kappa shape index (κ2) is 5.53. The Labute approximate surface area is 148 Å². The van der Waals surface area contributed by atoms with Gasteiger partial charge in [-0.25, -0.2) is 9.97 Å². The Morgan fingerprint density at radius 1 is 0.840 bits per heavy atom. The molecule has 2 heterocycles. The summed E-state index contributed by atoms with van der Waals surface area (Å²) in [6, 6.07) is 20.9. The molecule has 5 aromatic rings. The Morgan fingerprint density at radius 2 is 1.72 bits per heavy atom. The standard InChI is InChI=1S/C21H14N2OS/c1-24-13-9-10-16-18(11-13)22-12-23-20(16)17-7-4-6-15-14-5-2-3-8-19(14)25-21(15)17/h2-12H,1H3. The molecule has 0 saturated carbocycles. The molecule has 25 heavy (non-hydrogen) atoms. The fourth-order valence-corrected chi connectivity index (χ4v) is 4.53. The van der Waals surface area contributed by atoms with Gasteiger partial charge < -0.3 is 4.74 Å². The average Bonchev–Trinajstić information content (AvgIpc) is 3.06. The highest BCUT2D eigenvalue weighted by atomic mass is 32.1. The molecule has 0 saturated heterocycles. The largest absolute Gasteiger partial charge is 0.497 e. The minimum absolute atomic E-state index is 0.803. The van der Waals surface area contributed by atoms with Gasteiger partial charge in [0.1, 0.15) is 12.1 Å². The first kappa shape index (κ1) is 14.4. The van der Waals surface area contributed by atoms with Crippen molar-refractivity contribution < 1.29 is 4.74 Å². The summed E-state index contributed by atoms with van der Waals surface area (Å²) in [5.74, 6) is 0.803. The second-order valence-corrected chi connectivity index (χ2v) is 6.94. The molecule has 0 fully saturated rings. The summed E-state index contributed by atoms with van der Waals surface area (Å²) < 4.78 is 7.88. The van der Waals surface area contributed by atoms with Crippen LogP contribution < -0.4 is 4.74 Å². The summed E-state index contributed by atoms with van der Waals surface area (Å²) in [5.41, 5.74) is 3.00. The van der Waals surface area contributed by atoms with Crippen LogP contribution in [-0.4, -0.2) is 17.1 Å². The van der Waals surface area contributed by atoms with Crippen LogP contribution in [0, 0.1) is 0 Å². The van der Waals surface area contributed by atoms with E-state index in [9.17, 15) is 0 Å². The van der Waals surface area contributed by atoms with E-state index in [1.54, 1.807) is 13.4 Å². The molecule has 0 atom stereocenters. The molecule has 0 aliphatic carbocycles. The van der Waals surface area contributed by atoms with Crippen LogP contribution in [0.3, 0.4) is 0 Å². The highest BCUT2D eigenvalue weighted by Crippen LogP contribution is 2.40. The molecule has 0 N–H and O–H groups in total. The molecule has 120 valence electrons. The van der Waals surface area contributed by atoms with Crippen molar-refractivity contribution >= 4 is 42.4 Å². The minimum Gasteiger partial charge on any atom is -0.497 e. The molecule has 0 spiro atoms. The lowest BCUT2D eigenvalue weighted by molar-refractivity contribution is 0.415. The van der Waals surface area contributed by atoms with Crippen molar-refractivity contribution in [2.45, 2.75) is 0 Å². The maximum absolute atomic E-state index is 5.32. The molecule has 3 aromatic carbocycles. The highest BCUT2D eigenvalue weighted by Gasteiger charge is 2.13. The zero-order chi connectivity index (χ0) is 16.8. The number of fused-ring (bicyclic) bond motifs is 4. The third-order valence-corrected chi connectivity index (χ3v) is 5.72. The molecular formula is C21H14N2OS. The van der Waals surface area contributed by atoms with Gasteiger partial charge in [-0.15, -0.1) is 11.3 Å². The van der Waals surface area contributed by atoms with Crippen LogP contribution in [-0.2, 0) is 0 Å². The molecule has 4 heteroatoms. The summed E-state index contributed by atoms with van der Waals surface area (Å²) in [6.45, 7) is 0. The number of nitrogens with zero attached hydrogens (tertiary/aromatic N) is 2. The zero-order valence-corrected chi connectivity index (χ0v) is 14.4. The van der Waals surface area contributed by atoms with Crippen molar-refractivity contribution in [1.82, 2.24) is 9.97 Å². The van der Waals surface area contributed by atoms with Crippen LogP contribution in [0.15, 0.2) is 67.0 Å². The third kappa shape index (κ3) is 2.18. The molecule has 0 aliphatic rings. The normalized spacial score (nSPS) is 11.4. The van der Waals surface area contributed by atoms with Crippen LogP contribution in [0.2, 0.25) is 0 Å². The predicted octanol–water partition coefficient (Wildman–Crippen LogP) is 5.67. The van der Waals surface area contributed by atoms with Crippen molar-refractivity contribution in [2.75, 3.05) is 7.11 Å². The van der Waals surface area contributed by atoms with Gasteiger partial charge >= 0.3 is 0 Å². The maximum Gasteiger partial charge on any atom is 0.121 e. The fraction of sp³-hybridized carbons (Fsp3) is 0.0476. The molecular weight excluding hydrogens is 328 g/mol. The van der Waals surface area contributed by atoms with E-state index >= 15 is 0 Å². The number of hydrogen-bond acceptors (Lipinski definition) is 4. The second-order valence-electron chi connectivity index (χ2n) is 5.89. The van der Waals surface area contributed by atoms with E-state index in [0.29, 0.717) is 0 Å². The van der Waals surface area contributed by atoms with Crippen LogP contribution >= 0.6 is 11.3 Å². The van der Waals surface area contributed by atoms with Gasteiger partial charge in [0.2, 0.25) is 0 Å². The van der Waals surface area contributed by atoms with E-state index in [2.05, 4.69) is 52.4 Å². The number of hydrogen-bond donors (Lipinski definition) is 0. The van der Waals surface area contributed by atoms with Crippen LogP contribution in [0.25, 0.3) is 42.3 Å². The van der Waals surface area contributed by atoms with Gasteiger partial charge in [-0.3, -0.25) is 0 Å². The van der Waals surface area contributed by atoms with Crippen molar-refractivity contribution in [2.24, 2.45) is 0 Å². The third-order valence-electron chi connectivity index (χ3n) is 4.50. The van der Waals surface area contributed by atoms with Crippen LogP contribution in [0.1, 0.15) is 0 Å². The van der Waals surface area contributed by atoms with E-state index in [1.807, 2.05) is 29.5 Å². The van der Waals surface area contributed by atoms with Crippen LogP contribution in [0.4, 0.5) is 0 Å². The summed E-state index contributed by atoms with van der Waals surface area (Å²) in [7, 11) is 1.67. The van der Waals surface area contributed by atoms with E-state index < -0.39 is 0 Å².